The molecular weight excluding hydrogens is 344 g/mol. The summed E-state index contributed by atoms with van der Waals surface area (Å²) < 4.78 is 5.50. The van der Waals surface area contributed by atoms with Crippen molar-refractivity contribution < 1.29 is 9.32 Å². The minimum Gasteiger partial charge on any atom is -0.360 e. The van der Waals surface area contributed by atoms with E-state index in [1.165, 1.54) is 11.3 Å². The molecule has 0 unspecified atom stereocenters. The van der Waals surface area contributed by atoms with Crippen LogP contribution < -0.4 is 0 Å². The van der Waals surface area contributed by atoms with Crippen LogP contribution in [0.3, 0.4) is 0 Å². The molecule has 0 fully saturated rings. The predicted octanol–water partition coefficient (Wildman–Crippen LogP) is 4.56. The van der Waals surface area contributed by atoms with Gasteiger partial charge in [-0.1, -0.05) is 28.9 Å². The highest BCUT2D eigenvalue weighted by Crippen LogP contribution is 2.31. The number of hydrogen-bond donors (Lipinski definition) is 0. The summed E-state index contributed by atoms with van der Waals surface area (Å²) in [4.78, 5) is 15.5. The van der Waals surface area contributed by atoms with Gasteiger partial charge in [0.2, 0.25) is 0 Å². The Morgan fingerprint density at radius 2 is 2.08 bits per heavy atom. The number of rotatable bonds is 2. The molecule has 2 aromatic heterocycles. The van der Waals surface area contributed by atoms with Crippen LogP contribution in [-0.4, -0.2) is 22.5 Å². The van der Waals surface area contributed by atoms with Crippen LogP contribution in [0.15, 0.2) is 40.2 Å². The number of aromatic nitrogens is 1. The first-order valence-electron chi connectivity index (χ1n) is 7.70. The smallest absolute Gasteiger partial charge is 0.264 e. The molecule has 3 aromatic rings. The zero-order valence-corrected chi connectivity index (χ0v) is 14.7. The number of fused-ring (bicyclic) bond motifs is 1. The first-order valence-corrected chi connectivity index (χ1v) is 8.96. The van der Waals surface area contributed by atoms with Crippen molar-refractivity contribution in [1.82, 2.24) is 10.1 Å². The lowest BCUT2D eigenvalue weighted by Crippen LogP contribution is -2.35. The number of benzene rings is 1. The summed E-state index contributed by atoms with van der Waals surface area (Å²) in [6.07, 6.45) is 0.687. The Morgan fingerprint density at radius 1 is 1.29 bits per heavy atom. The Morgan fingerprint density at radius 3 is 2.79 bits per heavy atom. The molecule has 0 saturated carbocycles. The van der Waals surface area contributed by atoms with Crippen molar-refractivity contribution >= 4 is 28.8 Å². The number of carbonyl (C=O) groups excluding carboxylic acids is 1. The molecule has 1 aromatic carbocycles. The van der Waals surface area contributed by atoms with Crippen molar-refractivity contribution in [1.29, 1.82) is 0 Å². The second-order valence-electron chi connectivity index (χ2n) is 5.85. The average molecular weight is 359 g/mol. The summed E-state index contributed by atoms with van der Waals surface area (Å²) in [5.41, 5.74) is 3.76. The number of halogens is 1. The maximum Gasteiger partial charge on any atom is 0.264 e. The Labute approximate surface area is 148 Å². The fourth-order valence-electron chi connectivity index (χ4n) is 2.95. The lowest BCUT2D eigenvalue weighted by atomic mass is 10.0. The quantitative estimate of drug-likeness (QED) is 0.674. The molecule has 4 rings (SSSR count). The molecule has 24 heavy (non-hydrogen) atoms. The van der Waals surface area contributed by atoms with Crippen LogP contribution in [-0.2, 0) is 13.0 Å². The molecule has 0 bridgehead atoms. The normalized spacial score (nSPS) is 13.8. The zero-order chi connectivity index (χ0) is 16.7. The molecule has 0 N–H and O–H groups in total. The molecule has 1 aliphatic rings. The topological polar surface area (TPSA) is 46.3 Å². The zero-order valence-electron chi connectivity index (χ0n) is 13.1. The van der Waals surface area contributed by atoms with Crippen molar-refractivity contribution in [3.63, 3.8) is 0 Å². The van der Waals surface area contributed by atoms with Gasteiger partial charge in [0, 0.05) is 29.1 Å². The molecule has 6 heteroatoms. The molecule has 0 spiro atoms. The Balaban J connectivity index is 1.65. The fourth-order valence-corrected chi connectivity index (χ4v) is 3.97. The molecule has 0 radical (unpaired) electrons. The standard InChI is InChI=1S/C18H15ClN2O2S/c1-11-7-9-24-17(11)18(22)21-8-6-15-14(10-21)16(20-23-15)12-2-4-13(19)5-3-12/h2-5,7,9H,6,8,10H2,1H3. The third-order valence-corrected chi connectivity index (χ3v) is 5.54. The van der Waals surface area contributed by atoms with Gasteiger partial charge in [0.05, 0.1) is 11.4 Å². The van der Waals surface area contributed by atoms with E-state index in [0.717, 1.165) is 33.0 Å². The van der Waals surface area contributed by atoms with E-state index in [9.17, 15) is 4.79 Å². The van der Waals surface area contributed by atoms with E-state index in [0.29, 0.717) is 24.5 Å². The summed E-state index contributed by atoms with van der Waals surface area (Å²) in [6, 6.07) is 9.48. The van der Waals surface area contributed by atoms with Crippen LogP contribution in [0, 0.1) is 6.92 Å². The number of thiophene rings is 1. The highest BCUT2D eigenvalue weighted by atomic mass is 35.5. The lowest BCUT2D eigenvalue weighted by molar-refractivity contribution is 0.0733. The molecule has 1 aliphatic heterocycles. The van der Waals surface area contributed by atoms with E-state index in [4.69, 9.17) is 16.1 Å². The number of hydrogen-bond acceptors (Lipinski definition) is 4. The lowest BCUT2D eigenvalue weighted by Gasteiger charge is -2.26. The summed E-state index contributed by atoms with van der Waals surface area (Å²) >= 11 is 7.45. The van der Waals surface area contributed by atoms with Gasteiger partial charge >= 0.3 is 0 Å². The third kappa shape index (κ3) is 2.64. The second-order valence-corrected chi connectivity index (χ2v) is 7.20. The minimum atomic E-state index is 0.0800. The number of amides is 1. The largest absolute Gasteiger partial charge is 0.360 e. The summed E-state index contributed by atoms with van der Waals surface area (Å²) in [5.74, 6) is 0.948. The third-order valence-electron chi connectivity index (χ3n) is 4.29. The van der Waals surface area contributed by atoms with E-state index >= 15 is 0 Å². The van der Waals surface area contributed by atoms with Crippen LogP contribution in [0.25, 0.3) is 11.3 Å². The number of carbonyl (C=O) groups is 1. The van der Waals surface area contributed by atoms with E-state index < -0.39 is 0 Å². The van der Waals surface area contributed by atoms with Crippen LogP contribution >= 0.6 is 22.9 Å². The maximum atomic E-state index is 12.8. The van der Waals surface area contributed by atoms with Gasteiger partial charge in [-0.05, 0) is 36.1 Å². The summed E-state index contributed by atoms with van der Waals surface area (Å²) in [6.45, 7) is 3.14. The van der Waals surface area contributed by atoms with Crippen LogP contribution in [0.5, 0.6) is 0 Å². The molecule has 1 amide bonds. The molecule has 4 nitrogen and oxygen atoms in total. The van der Waals surface area contributed by atoms with Gasteiger partial charge in [0.25, 0.3) is 5.91 Å². The highest BCUT2D eigenvalue weighted by Gasteiger charge is 2.29. The van der Waals surface area contributed by atoms with E-state index in [1.807, 2.05) is 47.5 Å². The van der Waals surface area contributed by atoms with Crippen LogP contribution in [0.2, 0.25) is 5.02 Å². The van der Waals surface area contributed by atoms with E-state index in [1.54, 1.807) is 0 Å². The van der Waals surface area contributed by atoms with Crippen molar-refractivity contribution in [2.24, 2.45) is 0 Å². The second kappa shape index (κ2) is 6.07. The van der Waals surface area contributed by atoms with Gasteiger partial charge in [0.1, 0.15) is 11.5 Å². The molecule has 122 valence electrons. The Kier molecular flexibility index (Phi) is 3.90. The fraction of sp³-hybridized carbons (Fsp3) is 0.222. The number of nitrogens with zero attached hydrogens (tertiary/aromatic N) is 2. The molecule has 0 aliphatic carbocycles. The van der Waals surface area contributed by atoms with E-state index in [2.05, 4.69) is 5.16 Å². The summed E-state index contributed by atoms with van der Waals surface area (Å²) in [7, 11) is 0. The SMILES string of the molecule is Cc1ccsc1C(=O)N1CCc2onc(-c3ccc(Cl)cc3)c2C1. The molecule has 0 saturated heterocycles. The highest BCUT2D eigenvalue weighted by molar-refractivity contribution is 7.12. The van der Waals surface area contributed by atoms with Gasteiger partial charge in [-0.25, -0.2) is 0 Å². The molecule has 3 heterocycles. The van der Waals surface area contributed by atoms with Crippen molar-refractivity contribution in [2.75, 3.05) is 6.54 Å². The van der Waals surface area contributed by atoms with Crippen LogP contribution in [0.1, 0.15) is 26.6 Å². The van der Waals surface area contributed by atoms with Crippen LogP contribution in [0.4, 0.5) is 0 Å². The first-order chi connectivity index (χ1) is 11.6. The molecule has 0 atom stereocenters. The predicted molar refractivity (Wildman–Crippen MR) is 94.4 cm³/mol. The van der Waals surface area contributed by atoms with Gasteiger partial charge in [-0.15, -0.1) is 11.3 Å². The number of aryl methyl sites for hydroxylation is 1. The Hall–Kier alpha value is -2.11. The van der Waals surface area contributed by atoms with Gasteiger partial charge < -0.3 is 9.42 Å². The van der Waals surface area contributed by atoms with Gasteiger partial charge in [-0.2, -0.15) is 0 Å². The first kappa shape index (κ1) is 15.4. The van der Waals surface area contributed by atoms with Crippen molar-refractivity contribution in [2.45, 2.75) is 19.9 Å². The Bertz CT molecular complexity index is 898. The maximum absolute atomic E-state index is 12.8. The van der Waals surface area contributed by atoms with Gasteiger partial charge in [-0.3, -0.25) is 4.79 Å². The van der Waals surface area contributed by atoms with Crippen molar-refractivity contribution in [3.05, 3.63) is 62.5 Å². The summed E-state index contributed by atoms with van der Waals surface area (Å²) in [5, 5.41) is 6.85. The van der Waals surface area contributed by atoms with Crippen molar-refractivity contribution in [3.8, 4) is 11.3 Å². The van der Waals surface area contributed by atoms with E-state index in [-0.39, 0.29) is 5.91 Å². The monoisotopic (exact) mass is 358 g/mol. The van der Waals surface area contributed by atoms with Gasteiger partial charge in [0.15, 0.2) is 0 Å². The molecular formula is C18H15ClN2O2S. The average Bonchev–Trinajstić information content (AvgIpc) is 3.20. The minimum absolute atomic E-state index is 0.0800.